The summed E-state index contributed by atoms with van der Waals surface area (Å²) in [6.45, 7) is 0. The summed E-state index contributed by atoms with van der Waals surface area (Å²) in [4.78, 5) is 2.94. The third kappa shape index (κ3) is 2.51. The monoisotopic (exact) mass is 382 g/mol. The summed E-state index contributed by atoms with van der Waals surface area (Å²) in [6.07, 6.45) is 1.37. The third-order valence-electron chi connectivity index (χ3n) is 3.15. The highest BCUT2D eigenvalue weighted by atomic mass is 79.9. The maximum absolute atomic E-state index is 12.5. The van der Waals surface area contributed by atoms with Crippen LogP contribution in [0.3, 0.4) is 0 Å². The maximum atomic E-state index is 12.5. The number of para-hydroxylation sites is 1. The van der Waals surface area contributed by atoms with Gasteiger partial charge in [0.1, 0.15) is 4.90 Å². The molecule has 4 N–H and O–H groups in total. The van der Waals surface area contributed by atoms with E-state index in [4.69, 9.17) is 0 Å². The second-order valence-corrected chi connectivity index (χ2v) is 7.19. The van der Waals surface area contributed by atoms with Crippen molar-refractivity contribution >= 4 is 42.5 Å². The minimum atomic E-state index is -3.92. The Morgan fingerprint density at radius 3 is 2.68 bits per heavy atom. The minimum absolute atomic E-state index is 0.0535. The molecule has 0 saturated heterocycles. The van der Waals surface area contributed by atoms with Gasteiger partial charge in [-0.05, 0) is 24.3 Å². The number of rotatable bonds is 3. The van der Waals surface area contributed by atoms with Crippen molar-refractivity contribution in [1.82, 2.24) is 4.98 Å². The number of halogens is 1. The third-order valence-corrected chi connectivity index (χ3v) is 5.05. The van der Waals surface area contributed by atoms with Gasteiger partial charge in [0.15, 0.2) is 11.5 Å². The molecular weight excluding hydrogens is 372 g/mol. The normalized spacial score (nSPS) is 11.7. The molecule has 0 amide bonds. The Hall–Kier alpha value is -2.19. The first-order valence-corrected chi connectivity index (χ1v) is 8.46. The lowest BCUT2D eigenvalue weighted by Crippen LogP contribution is -2.12. The Morgan fingerprint density at radius 2 is 1.91 bits per heavy atom. The van der Waals surface area contributed by atoms with Crippen LogP contribution < -0.4 is 4.72 Å². The van der Waals surface area contributed by atoms with Crippen molar-refractivity contribution < 1.29 is 18.6 Å². The first kappa shape index (κ1) is 14.7. The number of phenols is 2. The van der Waals surface area contributed by atoms with Crippen molar-refractivity contribution in [2.24, 2.45) is 0 Å². The van der Waals surface area contributed by atoms with E-state index in [0.29, 0.717) is 10.9 Å². The summed E-state index contributed by atoms with van der Waals surface area (Å²) in [7, 11) is -3.92. The number of anilines is 1. The van der Waals surface area contributed by atoms with Crippen molar-refractivity contribution in [3.8, 4) is 11.5 Å². The van der Waals surface area contributed by atoms with E-state index in [1.807, 2.05) is 0 Å². The summed E-state index contributed by atoms with van der Waals surface area (Å²) in [5.41, 5.74) is 0.571. The molecule has 22 heavy (non-hydrogen) atoms. The molecule has 0 fully saturated rings. The van der Waals surface area contributed by atoms with Crippen LogP contribution in [0.4, 0.5) is 5.69 Å². The molecule has 3 aromatic rings. The molecule has 0 saturated carbocycles. The second-order valence-electron chi connectivity index (χ2n) is 4.62. The zero-order chi connectivity index (χ0) is 15.9. The maximum Gasteiger partial charge on any atom is 0.264 e. The Bertz CT molecular complexity index is 966. The quantitative estimate of drug-likeness (QED) is 0.522. The highest BCUT2D eigenvalue weighted by Crippen LogP contribution is 2.35. The van der Waals surface area contributed by atoms with E-state index in [1.165, 1.54) is 24.4 Å². The smallest absolute Gasteiger partial charge is 0.264 e. The lowest BCUT2D eigenvalue weighted by Gasteiger charge is -2.09. The molecule has 114 valence electrons. The van der Waals surface area contributed by atoms with Crippen LogP contribution >= 0.6 is 15.9 Å². The van der Waals surface area contributed by atoms with Crippen LogP contribution in [0.1, 0.15) is 0 Å². The van der Waals surface area contributed by atoms with Crippen molar-refractivity contribution in [1.29, 1.82) is 0 Å². The van der Waals surface area contributed by atoms with Gasteiger partial charge in [-0.25, -0.2) is 8.42 Å². The van der Waals surface area contributed by atoms with Crippen molar-refractivity contribution in [3.05, 3.63) is 47.1 Å². The van der Waals surface area contributed by atoms with Crippen LogP contribution in [0.15, 0.2) is 52.0 Å². The predicted octanol–water partition coefficient (Wildman–Crippen LogP) is 3.14. The average Bonchev–Trinajstić information content (AvgIpc) is 2.87. The SMILES string of the molecule is O=S(=O)(Nc1cccc(O)c1O)c1c[nH]c2cc(Br)ccc12. The van der Waals surface area contributed by atoms with Crippen molar-refractivity contribution in [2.75, 3.05) is 4.72 Å². The Balaban J connectivity index is 2.07. The van der Waals surface area contributed by atoms with E-state index in [2.05, 4.69) is 25.6 Å². The van der Waals surface area contributed by atoms with E-state index >= 15 is 0 Å². The summed E-state index contributed by atoms with van der Waals surface area (Å²) in [5.74, 6) is -0.920. The number of aromatic nitrogens is 1. The number of phenolic OH excluding ortho intramolecular Hbond substituents is 2. The minimum Gasteiger partial charge on any atom is -0.504 e. The number of aromatic amines is 1. The molecule has 1 heterocycles. The number of hydrogen-bond acceptors (Lipinski definition) is 4. The van der Waals surface area contributed by atoms with Crippen LogP contribution in [-0.2, 0) is 10.0 Å². The van der Waals surface area contributed by atoms with E-state index in [-0.39, 0.29) is 10.6 Å². The molecule has 0 atom stereocenters. The van der Waals surface area contributed by atoms with E-state index in [0.717, 1.165) is 4.47 Å². The van der Waals surface area contributed by atoms with Gasteiger partial charge in [0.25, 0.3) is 10.0 Å². The number of hydrogen-bond donors (Lipinski definition) is 4. The molecule has 2 aromatic carbocycles. The molecule has 0 spiro atoms. The molecule has 3 rings (SSSR count). The predicted molar refractivity (Wildman–Crippen MR) is 86.6 cm³/mol. The molecule has 1 aromatic heterocycles. The van der Waals surface area contributed by atoms with Gasteiger partial charge in [-0.3, -0.25) is 4.72 Å². The first-order valence-electron chi connectivity index (χ1n) is 6.19. The fourth-order valence-electron chi connectivity index (χ4n) is 2.11. The second kappa shape index (κ2) is 5.22. The number of nitrogens with one attached hydrogen (secondary N) is 2. The van der Waals surface area contributed by atoms with E-state index < -0.39 is 21.5 Å². The molecule has 0 unspecified atom stereocenters. The molecule has 0 radical (unpaired) electrons. The highest BCUT2D eigenvalue weighted by Gasteiger charge is 2.21. The van der Waals surface area contributed by atoms with E-state index in [1.54, 1.807) is 18.2 Å². The largest absolute Gasteiger partial charge is 0.504 e. The molecule has 8 heteroatoms. The van der Waals surface area contributed by atoms with Crippen LogP contribution in [0.5, 0.6) is 11.5 Å². The van der Waals surface area contributed by atoms with Gasteiger partial charge >= 0.3 is 0 Å². The number of aromatic hydroxyl groups is 2. The topological polar surface area (TPSA) is 102 Å². The van der Waals surface area contributed by atoms with Crippen LogP contribution in [0.25, 0.3) is 10.9 Å². The summed E-state index contributed by atoms with van der Waals surface area (Å²) in [5, 5.41) is 19.7. The fraction of sp³-hybridized carbons (Fsp3) is 0. The van der Waals surface area contributed by atoms with Gasteiger partial charge < -0.3 is 15.2 Å². The van der Waals surface area contributed by atoms with Gasteiger partial charge in [0.05, 0.1) is 5.69 Å². The highest BCUT2D eigenvalue weighted by molar-refractivity contribution is 9.10. The Labute approximate surface area is 134 Å². The standard InChI is InChI=1S/C14H11BrN2O4S/c15-8-4-5-9-11(6-8)16-7-13(9)22(20,21)17-10-2-1-3-12(18)14(10)19/h1-7,16-19H. The van der Waals surface area contributed by atoms with Crippen LogP contribution in [0.2, 0.25) is 0 Å². The van der Waals surface area contributed by atoms with Gasteiger partial charge in [0.2, 0.25) is 0 Å². The molecule has 0 aliphatic heterocycles. The molecule has 0 bridgehead atoms. The van der Waals surface area contributed by atoms with Gasteiger partial charge in [-0.15, -0.1) is 0 Å². The number of sulfonamides is 1. The number of benzene rings is 2. The number of fused-ring (bicyclic) bond motifs is 1. The lowest BCUT2D eigenvalue weighted by atomic mass is 10.2. The molecule has 6 nitrogen and oxygen atoms in total. The summed E-state index contributed by atoms with van der Waals surface area (Å²) >= 11 is 3.32. The summed E-state index contributed by atoms with van der Waals surface area (Å²) in [6, 6.07) is 9.22. The van der Waals surface area contributed by atoms with Gasteiger partial charge in [0, 0.05) is 21.6 Å². The molecule has 0 aliphatic rings. The Morgan fingerprint density at radius 1 is 1.14 bits per heavy atom. The fourth-order valence-corrected chi connectivity index (χ4v) is 3.71. The summed E-state index contributed by atoms with van der Waals surface area (Å²) < 4.78 is 28.1. The van der Waals surface area contributed by atoms with Gasteiger partial charge in [-0.2, -0.15) is 0 Å². The lowest BCUT2D eigenvalue weighted by molar-refractivity contribution is 0.405. The van der Waals surface area contributed by atoms with Crippen LogP contribution in [-0.4, -0.2) is 23.6 Å². The van der Waals surface area contributed by atoms with E-state index in [9.17, 15) is 18.6 Å². The Kier molecular flexibility index (Phi) is 3.50. The molecular formula is C14H11BrN2O4S. The number of H-pyrrole nitrogens is 1. The first-order chi connectivity index (χ1) is 10.4. The zero-order valence-electron chi connectivity index (χ0n) is 11.0. The van der Waals surface area contributed by atoms with Crippen molar-refractivity contribution in [3.63, 3.8) is 0 Å². The molecule has 0 aliphatic carbocycles. The average molecular weight is 383 g/mol. The van der Waals surface area contributed by atoms with Crippen molar-refractivity contribution in [2.45, 2.75) is 4.90 Å². The van der Waals surface area contributed by atoms with Gasteiger partial charge in [-0.1, -0.05) is 28.1 Å². The van der Waals surface area contributed by atoms with Crippen LogP contribution in [0, 0.1) is 0 Å². The zero-order valence-corrected chi connectivity index (χ0v) is 13.4.